The van der Waals surface area contributed by atoms with E-state index in [-0.39, 0.29) is 17.5 Å². The predicted molar refractivity (Wildman–Crippen MR) is 82.3 cm³/mol. The summed E-state index contributed by atoms with van der Waals surface area (Å²) in [5.41, 5.74) is -0.0159. The molecule has 0 spiro atoms. The van der Waals surface area contributed by atoms with Crippen LogP contribution in [0.2, 0.25) is 0 Å². The Morgan fingerprint density at radius 2 is 1.74 bits per heavy atom. The highest BCUT2D eigenvalue weighted by Crippen LogP contribution is 2.15. The molecule has 0 heterocycles. The topological polar surface area (TPSA) is 141 Å². The van der Waals surface area contributed by atoms with Gasteiger partial charge in [0, 0.05) is 18.6 Å². The summed E-state index contributed by atoms with van der Waals surface area (Å²) in [5.74, 6) is 5.76. The standard InChI is InChI=1S/C8H12O.C6H5NO3.CH2O3/c9-8-6-4-2-1-3-5-7-8;8-6-3-1-5(2-4-6)7(9)10;2-1(3)4/h8-9H,1-4,6H2;1-4,8H;(H2,2,3,4). The maximum Gasteiger partial charge on any atom is 0.503 e. The van der Waals surface area contributed by atoms with Crippen LogP contribution in [0.3, 0.4) is 0 Å². The van der Waals surface area contributed by atoms with E-state index < -0.39 is 11.1 Å². The highest BCUT2D eigenvalue weighted by Gasteiger charge is 2.01. The summed E-state index contributed by atoms with van der Waals surface area (Å²) in [6.07, 6.45) is 3.23. The molecule has 0 amide bonds. The molecule has 23 heavy (non-hydrogen) atoms. The zero-order valence-corrected chi connectivity index (χ0v) is 12.4. The average Bonchev–Trinajstić information content (AvgIpc) is 2.43. The second-order valence-electron chi connectivity index (χ2n) is 4.49. The van der Waals surface area contributed by atoms with Gasteiger partial charge in [-0.25, -0.2) is 4.79 Å². The van der Waals surface area contributed by atoms with E-state index in [2.05, 4.69) is 11.8 Å². The molecule has 4 N–H and O–H groups in total. The van der Waals surface area contributed by atoms with Crippen LogP contribution in [0.1, 0.15) is 32.1 Å². The summed E-state index contributed by atoms with van der Waals surface area (Å²) in [5, 5.41) is 41.7. The summed E-state index contributed by atoms with van der Waals surface area (Å²) < 4.78 is 0. The van der Waals surface area contributed by atoms with Crippen LogP contribution < -0.4 is 0 Å². The zero-order chi connectivity index (χ0) is 17.7. The Labute approximate surface area is 133 Å². The second-order valence-corrected chi connectivity index (χ2v) is 4.49. The van der Waals surface area contributed by atoms with Gasteiger partial charge >= 0.3 is 6.16 Å². The molecule has 0 bridgehead atoms. The number of aliphatic hydroxyl groups is 1. The number of phenols is 1. The molecule has 8 nitrogen and oxygen atoms in total. The zero-order valence-electron chi connectivity index (χ0n) is 12.4. The Morgan fingerprint density at radius 1 is 1.17 bits per heavy atom. The van der Waals surface area contributed by atoms with Crippen molar-refractivity contribution in [2.45, 2.75) is 38.2 Å². The fourth-order valence-corrected chi connectivity index (χ4v) is 1.56. The normalized spacial score (nSPS) is 15.8. The molecule has 126 valence electrons. The molecular weight excluding hydrogens is 306 g/mol. The minimum Gasteiger partial charge on any atom is -0.508 e. The molecular formula is C15H19NO7. The lowest BCUT2D eigenvalue weighted by Gasteiger charge is -2.04. The van der Waals surface area contributed by atoms with Crippen LogP contribution in [0.15, 0.2) is 24.3 Å². The van der Waals surface area contributed by atoms with Crippen molar-refractivity contribution < 1.29 is 30.1 Å². The average molecular weight is 325 g/mol. The van der Waals surface area contributed by atoms with Gasteiger partial charge in [0.15, 0.2) is 0 Å². The molecule has 1 aromatic carbocycles. The maximum absolute atomic E-state index is 10.0. The van der Waals surface area contributed by atoms with Crippen LogP contribution in [-0.4, -0.2) is 37.6 Å². The quantitative estimate of drug-likeness (QED) is 0.353. The van der Waals surface area contributed by atoms with E-state index in [0.717, 1.165) is 19.3 Å². The molecule has 0 aromatic heterocycles. The van der Waals surface area contributed by atoms with Crippen LogP contribution >= 0.6 is 0 Å². The van der Waals surface area contributed by atoms with Crippen molar-refractivity contribution in [2.24, 2.45) is 0 Å². The van der Waals surface area contributed by atoms with Crippen molar-refractivity contribution in [3.63, 3.8) is 0 Å². The molecule has 1 aliphatic rings. The Hall–Kier alpha value is -2.79. The predicted octanol–water partition coefficient (Wildman–Crippen LogP) is 2.84. The number of nitrogens with zero attached hydrogens (tertiary/aromatic N) is 1. The van der Waals surface area contributed by atoms with Gasteiger partial charge in [-0.05, 0) is 31.4 Å². The van der Waals surface area contributed by atoms with Crippen molar-refractivity contribution in [1.82, 2.24) is 0 Å². The number of aromatic hydroxyl groups is 1. The van der Waals surface area contributed by atoms with Crippen LogP contribution in [-0.2, 0) is 0 Å². The molecule has 0 fully saturated rings. The van der Waals surface area contributed by atoms with Crippen molar-refractivity contribution in [3.05, 3.63) is 34.4 Å². The van der Waals surface area contributed by atoms with Gasteiger partial charge in [0.2, 0.25) is 0 Å². The number of non-ortho nitro benzene ring substituents is 1. The molecule has 0 radical (unpaired) electrons. The number of nitro groups is 1. The van der Waals surface area contributed by atoms with E-state index >= 15 is 0 Å². The highest BCUT2D eigenvalue weighted by molar-refractivity contribution is 5.53. The van der Waals surface area contributed by atoms with Crippen molar-refractivity contribution in [2.75, 3.05) is 0 Å². The van der Waals surface area contributed by atoms with Gasteiger partial charge in [-0.3, -0.25) is 10.1 Å². The van der Waals surface area contributed by atoms with E-state index in [0.29, 0.717) is 0 Å². The van der Waals surface area contributed by atoms with Crippen LogP contribution in [0, 0.1) is 22.0 Å². The molecule has 0 aliphatic heterocycles. The molecule has 8 heteroatoms. The van der Waals surface area contributed by atoms with Crippen LogP contribution in [0.25, 0.3) is 0 Å². The van der Waals surface area contributed by atoms with E-state index in [9.17, 15) is 10.1 Å². The van der Waals surface area contributed by atoms with Crippen molar-refractivity contribution in [3.8, 4) is 17.6 Å². The first kappa shape index (κ1) is 20.2. The molecule has 0 saturated carbocycles. The van der Waals surface area contributed by atoms with Crippen LogP contribution in [0.5, 0.6) is 5.75 Å². The van der Waals surface area contributed by atoms with Crippen molar-refractivity contribution in [1.29, 1.82) is 0 Å². The number of benzene rings is 1. The molecule has 1 atom stereocenters. The molecule has 1 unspecified atom stereocenters. The SMILES string of the molecule is O=C(O)O.O=[N+]([O-])c1ccc(O)cc1.OC1C#CCCCCC1. The number of carbonyl (C=O) groups is 1. The number of aliphatic hydroxyl groups excluding tert-OH is 1. The largest absolute Gasteiger partial charge is 0.508 e. The van der Waals surface area contributed by atoms with Gasteiger partial charge in [0.1, 0.15) is 11.9 Å². The molecule has 0 saturated heterocycles. The Morgan fingerprint density at radius 3 is 2.26 bits per heavy atom. The summed E-state index contributed by atoms with van der Waals surface area (Å²) >= 11 is 0. The van der Waals surface area contributed by atoms with Gasteiger partial charge in [0.25, 0.3) is 5.69 Å². The Balaban J connectivity index is 0.000000345. The third-order valence-corrected chi connectivity index (χ3v) is 2.61. The fourth-order valence-electron chi connectivity index (χ4n) is 1.56. The van der Waals surface area contributed by atoms with Gasteiger partial charge < -0.3 is 20.4 Å². The van der Waals surface area contributed by atoms with Gasteiger partial charge in [0.05, 0.1) is 4.92 Å². The first-order chi connectivity index (χ1) is 10.8. The van der Waals surface area contributed by atoms with Gasteiger partial charge in [-0.2, -0.15) is 0 Å². The van der Waals surface area contributed by atoms with Gasteiger partial charge in [-0.1, -0.05) is 12.3 Å². The summed E-state index contributed by atoms with van der Waals surface area (Å²) in [4.78, 5) is 18.1. The summed E-state index contributed by atoms with van der Waals surface area (Å²) in [6.45, 7) is 0. The van der Waals surface area contributed by atoms with E-state index in [1.165, 1.54) is 37.1 Å². The number of carboxylic acid groups (broad SMARTS) is 2. The Kier molecular flexibility index (Phi) is 10.4. The van der Waals surface area contributed by atoms with E-state index in [4.69, 9.17) is 25.2 Å². The van der Waals surface area contributed by atoms with E-state index in [1.807, 2.05) is 0 Å². The van der Waals surface area contributed by atoms with Crippen LogP contribution in [0.4, 0.5) is 10.5 Å². The lowest BCUT2D eigenvalue weighted by molar-refractivity contribution is -0.384. The number of nitro benzene ring substituents is 1. The van der Waals surface area contributed by atoms with Gasteiger partial charge in [-0.15, -0.1) is 5.92 Å². The second kappa shape index (κ2) is 11.8. The number of hydrogen-bond donors (Lipinski definition) is 4. The number of phenolic OH excluding ortho intramolecular Hbond substituents is 1. The van der Waals surface area contributed by atoms with E-state index in [1.54, 1.807) is 0 Å². The smallest absolute Gasteiger partial charge is 0.503 e. The summed E-state index contributed by atoms with van der Waals surface area (Å²) in [7, 11) is 0. The summed E-state index contributed by atoms with van der Waals surface area (Å²) in [6, 6.07) is 5.04. The lowest BCUT2D eigenvalue weighted by Crippen LogP contribution is -2.03. The third-order valence-electron chi connectivity index (χ3n) is 2.61. The number of hydrogen-bond acceptors (Lipinski definition) is 5. The lowest BCUT2D eigenvalue weighted by atomic mass is 10.1. The molecule has 1 aromatic rings. The fraction of sp³-hybridized carbons (Fsp3) is 0.400. The monoisotopic (exact) mass is 325 g/mol. The molecule has 2 rings (SSSR count). The third kappa shape index (κ3) is 12.6. The Bertz CT molecular complexity index is 541. The maximum atomic E-state index is 10.0. The minimum absolute atomic E-state index is 0.0159. The number of rotatable bonds is 1. The molecule has 1 aliphatic carbocycles. The first-order valence-corrected chi connectivity index (χ1v) is 6.84. The first-order valence-electron chi connectivity index (χ1n) is 6.84. The minimum atomic E-state index is -1.83. The van der Waals surface area contributed by atoms with Crippen molar-refractivity contribution >= 4 is 11.8 Å². The highest BCUT2D eigenvalue weighted by atomic mass is 16.6.